The molecule has 2 aliphatic heterocycles. The molecule has 0 saturated carbocycles. The van der Waals surface area contributed by atoms with E-state index in [2.05, 4.69) is 23.5 Å². The Hall–Kier alpha value is -1.55. The zero-order chi connectivity index (χ0) is 12.7. The summed E-state index contributed by atoms with van der Waals surface area (Å²) < 4.78 is 5.45. The SMILES string of the molecule is Cc1ccc(C)c(N2C(=O)OC3CNCCC32)c1. The molecule has 2 unspecified atom stereocenters. The molecule has 3 rings (SSSR count). The Bertz CT molecular complexity index is 487. The van der Waals surface area contributed by atoms with Crippen LogP contribution in [0.2, 0.25) is 0 Å². The van der Waals surface area contributed by atoms with Gasteiger partial charge in [0.25, 0.3) is 0 Å². The van der Waals surface area contributed by atoms with Crippen molar-refractivity contribution in [3.8, 4) is 0 Å². The third-order valence-electron chi connectivity index (χ3n) is 3.80. The maximum absolute atomic E-state index is 12.1. The summed E-state index contributed by atoms with van der Waals surface area (Å²) in [6.45, 7) is 5.79. The average molecular weight is 246 g/mol. The van der Waals surface area contributed by atoms with Gasteiger partial charge in [-0.05, 0) is 44.0 Å². The molecule has 1 aromatic carbocycles. The van der Waals surface area contributed by atoms with Crippen LogP contribution >= 0.6 is 0 Å². The van der Waals surface area contributed by atoms with Gasteiger partial charge in [0.2, 0.25) is 0 Å². The largest absolute Gasteiger partial charge is 0.442 e. The zero-order valence-corrected chi connectivity index (χ0v) is 10.8. The molecule has 1 amide bonds. The highest BCUT2D eigenvalue weighted by molar-refractivity contribution is 5.91. The van der Waals surface area contributed by atoms with Crippen LogP contribution in [0.4, 0.5) is 10.5 Å². The van der Waals surface area contributed by atoms with Crippen molar-refractivity contribution in [3.05, 3.63) is 29.3 Å². The minimum absolute atomic E-state index is 0.00818. The number of nitrogens with zero attached hydrogens (tertiary/aromatic N) is 1. The number of piperidine rings is 1. The lowest BCUT2D eigenvalue weighted by Crippen LogP contribution is -2.47. The smallest absolute Gasteiger partial charge is 0.415 e. The third-order valence-corrected chi connectivity index (χ3v) is 3.80. The summed E-state index contributed by atoms with van der Waals surface area (Å²) in [5.41, 5.74) is 3.28. The number of carbonyl (C=O) groups is 1. The number of rotatable bonds is 1. The number of ether oxygens (including phenoxy) is 1. The summed E-state index contributed by atoms with van der Waals surface area (Å²) in [5, 5.41) is 3.27. The van der Waals surface area contributed by atoms with E-state index in [0.717, 1.165) is 30.8 Å². The van der Waals surface area contributed by atoms with Gasteiger partial charge in [-0.1, -0.05) is 12.1 Å². The van der Waals surface area contributed by atoms with Crippen molar-refractivity contribution in [2.45, 2.75) is 32.4 Å². The van der Waals surface area contributed by atoms with Crippen molar-refractivity contribution >= 4 is 11.8 Å². The minimum Gasteiger partial charge on any atom is -0.442 e. The number of fused-ring (bicyclic) bond motifs is 1. The van der Waals surface area contributed by atoms with Crippen LogP contribution in [-0.2, 0) is 4.74 Å². The molecule has 18 heavy (non-hydrogen) atoms. The van der Waals surface area contributed by atoms with E-state index in [1.165, 1.54) is 5.56 Å². The molecular formula is C14H18N2O2. The van der Waals surface area contributed by atoms with Crippen LogP contribution < -0.4 is 10.2 Å². The molecule has 2 atom stereocenters. The molecule has 0 spiro atoms. The number of aryl methyl sites for hydroxylation is 2. The maximum atomic E-state index is 12.1. The van der Waals surface area contributed by atoms with E-state index < -0.39 is 0 Å². The molecule has 2 aliphatic rings. The lowest BCUT2D eigenvalue weighted by Gasteiger charge is -2.29. The predicted octanol–water partition coefficient (Wildman–Crippen LogP) is 1.99. The van der Waals surface area contributed by atoms with Crippen molar-refractivity contribution in [1.82, 2.24) is 5.32 Å². The van der Waals surface area contributed by atoms with E-state index in [1.54, 1.807) is 0 Å². The highest BCUT2D eigenvalue weighted by Gasteiger charge is 2.44. The number of carbonyl (C=O) groups excluding carboxylic acids is 1. The van der Waals surface area contributed by atoms with Gasteiger partial charge in [0.1, 0.15) is 6.10 Å². The van der Waals surface area contributed by atoms with Gasteiger partial charge in [0, 0.05) is 6.54 Å². The molecule has 1 N–H and O–H groups in total. The topological polar surface area (TPSA) is 41.6 Å². The highest BCUT2D eigenvalue weighted by Crippen LogP contribution is 2.32. The van der Waals surface area contributed by atoms with E-state index in [-0.39, 0.29) is 18.2 Å². The summed E-state index contributed by atoms with van der Waals surface area (Å²) in [6, 6.07) is 6.38. The predicted molar refractivity (Wildman–Crippen MR) is 69.9 cm³/mol. The average Bonchev–Trinajstić information content (AvgIpc) is 2.68. The van der Waals surface area contributed by atoms with Crippen LogP contribution in [0.15, 0.2) is 18.2 Å². The van der Waals surface area contributed by atoms with Crippen LogP contribution in [0, 0.1) is 13.8 Å². The van der Waals surface area contributed by atoms with Crippen molar-refractivity contribution in [1.29, 1.82) is 0 Å². The maximum Gasteiger partial charge on any atom is 0.415 e. The Morgan fingerprint density at radius 2 is 2.22 bits per heavy atom. The highest BCUT2D eigenvalue weighted by atomic mass is 16.6. The molecule has 1 aromatic rings. The molecular weight excluding hydrogens is 228 g/mol. The number of benzene rings is 1. The Kier molecular flexibility index (Phi) is 2.74. The van der Waals surface area contributed by atoms with Crippen LogP contribution in [0.25, 0.3) is 0 Å². The fraction of sp³-hybridized carbons (Fsp3) is 0.500. The summed E-state index contributed by atoms with van der Waals surface area (Å²) in [4.78, 5) is 13.9. The summed E-state index contributed by atoms with van der Waals surface area (Å²) in [7, 11) is 0. The number of nitrogens with one attached hydrogen (secondary N) is 1. The van der Waals surface area contributed by atoms with Gasteiger partial charge in [-0.2, -0.15) is 0 Å². The van der Waals surface area contributed by atoms with Crippen molar-refractivity contribution in [3.63, 3.8) is 0 Å². The van der Waals surface area contributed by atoms with Gasteiger partial charge < -0.3 is 10.1 Å². The van der Waals surface area contributed by atoms with Crippen LogP contribution in [0.5, 0.6) is 0 Å². The molecule has 2 fully saturated rings. The fourth-order valence-electron chi connectivity index (χ4n) is 2.81. The lowest BCUT2D eigenvalue weighted by molar-refractivity contribution is 0.121. The number of hydrogen-bond donors (Lipinski definition) is 1. The van der Waals surface area contributed by atoms with Gasteiger partial charge in [-0.25, -0.2) is 4.79 Å². The second-order valence-corrected chi connectivity index (χ2v) is 5.14. The first-order valence-electron chi connectivity index (χ1n) is 6.44. The van der Waals surface area contributed by atoms with Gasteiger partial charge in [-0.3, -0.25) is 4.90 Å². The first kappa shape index (κ1) is 11.5. The van der Waals surface area contributed by atoms with Crippen molar-refractivity contribution in [2.75, 3.05) is 18.0 Å². The molecule has 0 aromatic heterocycles. The van der Waals surface area contributed by atoms with Gasteiger partial charge >= 0.3 is 6.09 Å². The summed E-state index contributed by atoms with van der Waals surface area (Å²) in [5.74, 6) is 0. The number of anilines is 1. The monoisotopic (exact) mass is 246 g/mol. The standard InChI is InChI=1S/C14H18N2O2/c1-9-3-4-10(2)12(7-9)16-11-5-6-15-8-13(11)18-14(16)17/h3-4,7,11,13,15H,5-6,8H2,1-2H3. The Morgan fingerprint density at radius 3 is 3.06 bits per heavy atom. The quantitative estimate of drug-likeness (QED) is 0.824. The number of hydrogen-bond acceptors (Lipinski definition) is 3. The first-order chi connectivity index (χ1) is 8.66. The Morgan fingerprint density at radius 1 is 1.39 bits per heavy atom. The fourth-order valence-corrected chi connectivity index (χ4v) is 2.81. The summed E-state index contributed by atoms with van der Waals surface area (Å²) >= 11 is 0. The van der Waals surface area contributed by atoms with Crippen molar-refractivity contribution in [2.24, 2.45) is 0 Å². The lowest BCUT2D eigenvalue weighted by atomic mass is 10.0. The van der Waals surface area contributed by atoms with E-state index in [9.17, 15) is 4.79 Å². The first-order valence-corrected chi connectivity index (χ1v) is 6.44. The van der Waals surface area contributed by atoms with E-state index in [4.69, 9.17) is 4.74 Å². The van der Waals surface area contributed by atoms with Crippen molar-refractivity contribution < 1.29 is 9.53 Å². The van der Waals surface area contributed by atoms with E-state index in [0.29, 0.717) is 0 Å². The normalized spacial score (nSPS) is 27.0. The molecule has 2 heterocycles. The van der Waals surface area contributed by atoms with E-state index in [1.807, 2.05) is 18.7 Å². The molecule has 96 valence electrons. The molecule has 0 bridgehead atoms. The molecule has 0 aliphatic carbocycles. The Balaban J connectivity index is 1.99. The van der Waals surface area contributed by atoms with Gasteiger partial charge in [-0.15, -0.1) is 0 Å². The summed E-state index contributed by atoms with van der Waals surface area (Å²) in [6.07, 6.45) is 0.734. The Labute approximate surface area is 107 Å². The van der Waals surface area contributed by atoms with Gasteiger partial charge in [0.05, 0.1) is 11.7 Å². The van der Waals surface area contributed by atoms with Gasteiger partial charge in [0.15, 0.2) is 0 Å². The molecule has 0 radical (unpaired) electrons. The second kappa shape index (κ2) is 4.28. The van der Waals surface area contributed by atoms with Crippen LogP contribution in [-0.4, -0.2) is 31.3 Å². The molecule has 4 heteroatoms. The minimum atomic E-state index is -0.206. The van der Waals surface area contributed by atoms with Crippen LogP contribution in [0.3, 0.4) is 0 Å². The number of amides is 1. The molecule has 2 saturated heterocycles. The zero-order valence-electron chi connectivity index (χ0n) is 10.8. The van der Waals surface area contributed by atoms with Crippen LogP contribution in [0.1, 0.15) is 17.5 Å². The second-order valence-electron chi connectivity index (χ2n) is 5.14. The van der Waals surface area contributed by atoms with E-state index >= 15 is 0 Å². The molecule has 4 nitrogen and oxygen atoms in total. The third kappa shape index (κ3) is 1.77.